The molecule has 0 saturated heterocycles. The molecule has 0 fully saturated rings. The van der Waals surface area contributed by atoms with E-state index in [0.29, 0.717) is 33.7 Å². The third-order valence-electron chi connectivity index (χ3n) is 5.43. The summed E-state index contributed by atoms with van der Waals surface area (Å²) >= 11 is 0. The van der Waals surface area contributed by atoms with Gasteiger partial charge in [0.2, 0.25) is 0 Å². The number of sulfone groups is 1. The van der Waals surface area contributed by atoms with Gasteiger partial charge in [-0.2, -0.15) is 0 Å². The lowest BCUT2D eigenvalue weighted by atomic mass is 10.0. The Morgan fingerprint density at radius 1 is 1.06 bits per heavy atom. The second-order valence-corrected chi connectivity index (χ2v) is 10.3. The molecule has 1 heterocycles. The van der Waals surface area contributed by atoms with Gasteiger partial charge in [-0.15, -0.1) is 0 Å². The number of anilines is 1. The topological polar surface area (TPSA) is 107 Å². The van der Waals surface area contributed by atoms with Gasteiger partial charge in [0, 0.05) is 30.3 Å². The molecule has 0 aliphatic rings. The van der Waals surface area contributed by atoms with Gasteiger partial charge in [0.1, 0.15) is 41.1 Å². The van der Waals surface area contributed by atoms with Crippen LogP contribution in [0.1, 0.15) is 15.9 Å². The minimum atomic E-state index is -3.35. The zero-order chi connectivity index (χ0) is 25.9. The second kappa shape index (κ2) is 10.3. The van der Waals surface area contributed by atoms with E-state index in [1.165, 1.54) is 31.3 Å². The lowest BCUT2D eigenvalue weighted by Gasteiger charge is -2.14. The maximum Gasteiger partial charge on any atom is 0.255 e. The van der Waals surface area contributed by atoms with E-state index in [9.17, 15) is 17.6 Å². The SMILES string of the molecule is CNC(=O)c1c(-c2ccc(F)cc2)oc2cc(NCS(C)(=O)=O)c(OCc3ccc(OC)cc3)cc12. The molecule has 4 rings (SSSR count). The van der Waals surface area contributed by atoms with E-state index in [0.717, 1.165) is 11.8 Å². The molecular formula is C26H25FN2O6S. The van der Waals surface area contributed by atoms with Crippen LogP contribution in [0.25, 0.3) is 22.3 Å². The number of rotatable bonds is 9. The molecule has 4 aromatic rings. The molecule has 0 aliphatic carbocycles. The number of hydrogen-bond acceptors (Lipinski definition) is 7. The van der Waals surface area contributed by atoms with Gasteiger partial charge in [-0.1, -0.05) is 12.1 Å². The van der Waals surface area contributed by atoms with E-state index in [2.05, 4.69) is 10.6 Å². The number of fused-ring (bicyclic) bond motifs is 1. The predicted molar refractivity (Wildman–Crippen MR) is 136 cm³/mol. The average molecular weight is 513 g/mol. The van der Waals surface area contributed by atoms with Gasteiger partial charge >= 0.3 is 0 Å². The number of carbonyl (C=O) groups excluding carboxylic acids is 1. The zero-order valence-electron chi connectivity index (χ0n) is 19.9. The number of benzene rings is 3. The van der Waals surface area contributed by atoms with E-state index < -0.39 is 21.6 Å². The van der Waals surface area contributed by atoms with Gasteiger partial charge in [-0.05, 0) is 48.0 Å². The highest BCUT2D eigenvalue weighted by Gasteiger charge is 2.24. The smallest absolute Gasteiger partial charge is 0.255 e. The number of furan rings is 1. The molecule has 0 unspecified atom stereocenters. The van der Waals surface area contributed by atoms with Crippen LogP contribution in [-0.2, 0) is 16.4 Å². The van der Waals surface area contributed by atoms with Crippen LogP contribution in [0.15, 0.2) is 65.1 Å². The Morgan fingerprint density at radius 3 is 2.36 bits per heavy atom. The fourth-order valence-electron chi connectivity index (χ4n) is 3.63. The molecule has 0 spiro atoms. The zero-order valence-corrected chi connectivity index (χ0v) is 20.7. The molecule has 188 valence electrons. The third kappa shape index (κ3) is 5.60. The normalized spacial score (nSPS) is 11.3. The lowest BCUT2D eigenvalue weighted by molar-refractivity contribution is 0.0964. The molecule has 8 nitrogen and oxygen atoms in total. The van der Waals surface area contributed by atoms with Gasteiger partial charge in [-0.25, -0.2) is 12.8 Å². The molecule has 1 amide bonds. The van der Waals surface area contributed by atoms with Crippen molar-refractivity contribution in [2.75, 3.05) is 31.6 Å². The highest BCUT2D eigenvalue weighted by molar-refractivity contribution is 7.90. The summed E-state index contributed by atoms with van der Waals surface area (Å²) in [5.74, 6) is 0.149. The van der Waals surface area contributed by atoms with Gasteiger partial charge in [-0.3, -0.25) is 4.79 Å². The first-order valence-corrected chi connectivity index (χ1v) is 13.0. The molecule has 36 heavy (non-hydrogen) atoms. The first-order chi connectivity index (χ1) is 17.2. The van der Waals surface area contributed by atoms with Crippen molar-refractivity contribution in [2.45, 2.75) is 6.61 Å². The molecule has 0 radical (unpaired) electrons. The standard InChI is InChI=1S/C26H25FN2O6S/c1-28-26(30)24-20-12-23(34-14-16-4-10-19(33-2)11-5-16)21(29-15-36(3,31)32)13-22(20)35-25(24)17-6-8-18(27)9-7-17/h4-13,29H,14-15H2,1-3H3,(H,28,30). The van der Waals surface area contributed by atoms with Crippen LogP contribution in [-0.4, -0.2) is 40.6 Å². The molecule has 0 bridgehead atoms. The highest BCUT2D eigenvalue weighted by Crippen LogP contribution is 2.39. The molecular weight excluding hydrogens is 487 g/mol. The first kappa shape index (κ1) is 25.1. The van der Waals surface area contributed by atoms with Crippen LogP contribution in [0, 0.1) is 5.82 Å². The Balaban J connectivity index is 1.81. The fourth-order valence-corrected chi connectivity index (χ4v) is 4.04. The van der Waals surface area contributed by atoms with E-state index in [1.807, 2.05) is 12.1 Å². The minimum Gasteiger partial charge on any atom is -0.497 e. The molecule has 0 aliphatic heterocycles. The van der Waals surface area contributed by atoms with Crippen LogP contribution in [0.3, 0.4) is 0 Å². The van der Waals surface area contributed by atoms with Crippen LogP contribution in [0.5, 0.6) is 11.5 Å². The number of halogens is 1. The van der Waals surface area contributed by atoms with Crippen LogP contribution in [0.4, 0.5) is 10.1 Å². The van der Waals surface area contributed by atoms with E-state index >= 15 is 0 Å². The predicted octanol–water partition coefficient (Wildman–Crippen LogP) is 4.60. The Kier molecular flexibility index (Phi) is 7.16. The summed E-state index contributed by atoms with van der Waals surface area (Å²) in [5, 5.41) is 5.95. The van der Waals surface area contributed by atoms with Crippen molar-refractivity contribution < 1.29 is 31.5 Å². The van der Waals surface area contributed by atoms with E-state index in [-0.39, 0.29) is 23.8 Å². The maximum atomic E-state index is 13.5. The molecule has 2 N–H and O–H groups in total. The molecule has 10 heteroatoms. The number of nitrogens with one attached hydrogen (secondary N) is 2. The van der Waals surface area contributed by atoms with Crippen LogP contribution >= 0.6 is 0 Å². The second-order valence-electron chi connectivity index (χ2n) is 8.12. The molecule has 0 saturated carbocycles. The number of amides is 1. The number of carbonyl (C=O) groups is 1. The van der Waals surface area contributed by atoms with Gasteiger partial charge in [0.25, 0.3) is 5.91 Å². The lowest BCUT2D eigenvalue weighted by Crippen LogP contribution is -2.18. The number of hydrogen-bond donors (Lipinski definition) is 2. The minimum absolute atomic E-state index is 0.182. The van der Waals surface area contributed by atoms with Crippen molar-refractivity contribution in [3.8, 4) is 22.8 Å². The Bertz CT molecular complexity index is 1500. The Morgan fingerprint density at radius 2 is 1.75 bits per heavy atom. The summed E-state index contributed by atoms with van der Waals surface area (Å²) < 4.78 is 54.3. The summed E-state index contributed by atoms with van der Waals surface area (Å²) in [6, 6.07) is 16.1. The monoisotopic (exact) mass is 512 g/mol. The summed E-state index contributed by atoms with van der Waals surface area (Å²) in [7, 11) is -0.268. The third-order valence-corrected chi connectivity index (χ3v) is 6.10. The van der Waals surface area contributed by atoms with Crippen molar-refractivity contribution in [1.82, 2.24) is 5.32 Å². The van der Waals surface area contributed by atoms with Crippen molar-refractivity contribution in [3.05, 3.63) is 77.6 Å². The van der Waals surface area contributed by atoms with Gasteiger partial charge < -0.3 is 24.5 Å². The van der Waals surface area contributed by atoms with Crippen LogP contribution in [0.2, 0.25) is 0 Å². The highest BCUT2D eigenvalue weighted by atomic mass is 32.2. The van der Waals surface area contributed by atoms with Crippen molar-refractivity contribution in [2.24, 2.45) is 0 Å². The number of ether oxygens (including phenoxy) is 2. The summed E-state index contributed by atoms with van der Waals surface area (Å²) in [6.45, 7) is 0.182. The largest absolute Gasteiger partial charge is 0.497 e. The molecule has 1 aromatic heterocycles. The van der Waals surface area contributed by atoms with Gasteiger partial charge in [0.15, 0.2) is 9.84 Å². The average Bonchev–Trinajstić information content (AvgIpc) is 3.23. The molecule has 3 aromatic carbocycles. The van der Waals surface area contributed by atoms with Crippen molar-refractivity contribution >= 4 is 32.4 Å². The van der Waals surface area contributed by atoms with Crippen molar-refractivity contribution in [1.29, 1.82) is 0 Å². The fraction of sp³-hybridized carbons (Fsp3) is 0.192. The molecule has 0 atom stereocenters. The van der Waals surface area contributed by atoms with E-state index in [4.69, 9.17) is 13.9 Å². The van der Waals surface area contributed by atoms with Crippen molar-refractivity contribution in [3.63, 3.8) is 0 Å². The summed E-state index contributed by atoms with van der Waals surface area (Å²) in [5.41, 5.74) is 2.33. The maximum absolute atomic E-state index is 13.5. The van der Waals surface area contributed by atoms with E-state index in [1.54, 1.807) is 31.4 Å². The number of methoxy groups -OCH3 is 1. The Labute approximate surface area is 207 Å². The quantitative estimate of drug-likeness (QED) is 0.338. The first-order valence-electron chi connectivity index (χ1n) is 10.9. The van der Waals surface area contributed by atoms with Gasteiger partial charge in [0.05, 0.1) is 18.4 Å². The summed E-state index contributed by atoms with van der Waals surface area (Å²) in [4.78, 5) is 12.8. The van der Waals surface area contributed by atoms with Crippen LogP contribution < -0.4 is 20.1 Å². The summed E-state index contributed by atoms with van der Waals surface area (Å²) in [6.07, 6.45) is 1.11. The Hall–Kier alpha value is -4.05.